The summed E-state index contributed by atoms with van der Waals surface area (Å²) in [5.41, 5.74) is 1.29. The smallest absolute Gasteiger partial charge is 0.251 e. The highest BCUT2D eigenvalue weighted by atomic mass is 16.2. The van der Waals surface area contributed by atoms with E-state index in [1.54, 1.807) is 37.2 Å². The van der Waals surface area contributed by atoms with Gasteiger partial charge in [-0.1, -0.05) is 6.07 Å². The molecule has 1 unspecified atom stereocenters. The fraction of sp³-hybridized carbons (Fsp3) is 0.357. The van der Waals surface area contributed by atoms with Crippen molar-refractivity contribution in [2.24, 2.45) is 0 Å². The Morgan fingerprint density at radius 2 is 2.20 bits per heavy atom. The van der Waals surface area contributed by atoms with Crippen LogP contribution in [-0.2, 0) is 4.79 Å². The summed E-state index contributed by atoms with van der Waals surface area (Å²) in [5.74, 6) is -0.379. The van der Waals surface area contributed by atoms with E-state index in [9.17, 15) is 9.59 Å². The lowest BCUT2D eigenvalue weighted by atomic mass is 10.1. The Kier molecular flexibility index (Phi) is 4.02. The maximum atomic E-state index is 12.1. The first-order valence-electron chi connectivity index (χ1n) is 6.52. The van der Waals surface area contributed by atoms with Gasteiger partial charge in [-0.15, -0.1) is 0 Å². The van der Waals surface area contributed by atoms with Crippen molar-refractivity contribution in [2.45, 2.75) is 19.9 Å². The molecular weight excluding hydrogens is 256 g/mol. The number of likely N-dealkylation sites (N-methyl/N-ethyl adjacent to an activating group) is 1. The van der Waals surface area contributed by atoms with Crippen LogP contribution in [0.25, 0.3) is 10.9 Å². The summed E-state index contributed by atoms with van der Waals surface area (Å²) >= 11 is 0. The zero-order valence-corrected chi connectivity index (χ0v) is 11.8. The quantitative estimate of drug-likeness (QED) is 0.878. The minimum atomic E-state index is -0.551. The lowest BCUT2D eigenvalue weighted by molar-refractivity contribution is -0.131. The van der Waals surface area contributed by atoms with E-state index in [2.05, 4.69) is 15.5 Å². The summed E-state index contributed by atoms with van der Waals surface area (Å²) in [7, 11) is 1.71. The SMILES string of the molecule is CCN(C)C(=O)C(C)NC(=O)c1ccc2cn[nH]c2c1. The van der Waals surface area contributed by atoms with Crippen molar-refractivity contribution in [3.63, 3.8) is 0 Å². The monoisotopic (exact) mass is 274 g/mol. The molecule has 0 saturated heterocycles. The van der Waals surface area contributed by atoms with Gasteiger partial charge in [-0.05, 0) is 26.0 Å². The second-order valence-corrected chi connectivity index (χ2v) is 4.72. The van der Waals surface area contributed by atoms with Crippen LogP contribution >= 0.6 is 0 Å². The standard InChI is InChI=1S/C14H18N4O2/c1-4-18(3)14(20)9(2)16-13(19)10-5-6-11-8-15-17-12(11)7-10/h5-9H,4H2,1-3H3,(H,15,17)(H,16,19). The van der Waals surface area contributed by atoms with Crippen molar-refractivity contribution >= 4 is 22.7 Å². The van der Waals surface area contributed by atoms with Gasteiger partial charge in [0.1, 0.15) is 6.04 Å². The molecule has 0 fully saturated rings. The van der Waals surface area contributed by atoms with Gasteiger partial charge in [-0.25, -0.2) is 0 Å². The van der Waals surface area contributed by atoms with Crippen molar-refractivity contribution in [1.29, 1.82) is 0 Å². The van der Waals surface area contributed by atoms with Crippen molar-refractivity contribution in [1.82, 2.24) is 20.4 Å². The molecule has 2 amide bonds. The molecule has 0 aliphatic heterocycles. The van der Waals surface area contributed by atoms with Gasteiger partial charge in [0.25, 0.3) is 5.91 Å². The summed E-state index contributed by atoms with van der Waals surface area (Å²) < 4.78 is 0. The third-order valence-corrected chi connectivity index (χ3v) is 3.27. The Morgan fingerprint density at radius 1 is 1.45 bits per heavy atom. The summed E-state index contributed by atoms with van der Waals surface area (Å²) in [6, 6.07) is 4.70. The van der Waals surface area contributed by atoms with Crippen LogP contribution in [0.5, 0.6) is 0 Å². The molecule has 2 aromatic rings. The molecule has 106 valence electrons. The molecule has 0 aliphatic rings. The Hall–Kier alpha value is -2.37. The first-order valence-corrected chi connectivity index (χ1v) is 6.52. The minimum Gasteiger partial charge on any atom is -0.344 e. The third-order valence-electron chi connectivity index (χ3n) is 3.27. The third kappa shape index (κ3) is 2.79. The van der Waals surface area contributed by atoms with Crippen molar-refractivity contribution in [3.05, 3.63) is 30.0 Å². The maximum absolute atomic E-state index is 12.1. The molecule has 1 aromatic carbocycles. The topological polar surface area (TPSA) is 78.1 Å². The molecular formula is C14H18N4O2. The number of carbonyl (C=O) groups excluding carboxylic acids is 2. The minimum absolute atomic E-state index is 0.108. The number of hydrogen-bond donors (Lipinski definition) is 2. The number of rotatable bonds is 4. The van der Waals surface area contributed by atoms with Gasteiger partial charge >= 0.3 is 0 Å². The molecule has 2 N–H and O–H groups in total. The van der Waals surface area contributed by atoms with Crippen molar-refractivity contribution in [3.8, 4) is 0 Å². The van der Waals surface area contributed by atoms with E-state index in [0.717, 1.165) is 10.9 Å². The van der Waals surface area contributed by atoms with Crippen molar-refractivity contribution in [2.75, 3.05) is 13.6 Å². The highest BCUT2D eigenvalue weighted by Gasteiger charge is 2.19. The van der Waals surface area contributed by atoms with Crippen LogP contribution in [0.3, 0.4) is 0 Å². The summed E-state index contributed by atoms with van der Waals surface area (Å²) in [5, 5.41) is 10.4. The molecule has 6 nitrogen and oxygen atoms in total. The van der Waals surface area contributed by atoms with Crippen molar-refractivity contribution < 1.29 is 9.59 Å². The Balaban J connectivity index is 2.09. The molecule has 1 atom stereocenters. The van der Waals surface area contributed by atoms with E-state index in [1.807, 2.05) is 13.0 Å². The van der Waals surface area contributed by atoms with Crippen LogP contribution in [0.1, 0.15) is 24.2 Å². The Labute approximate surface area is 117 Å². The average Bonchev–Trinajstić information content (AvgIpc) is 2.92. The number of nitrogens with zero attached hydrogens (tertiary/aromatic N) is 2. The Morgan fingerprint density at radius 3 is 2.90 bits per heavy atom. The summed E-state index contributed by atoms with van der Waals surface area (Å²) in [4.78, 5) is 25.6. The molecule has 20 heavy (non-hydrogen) atoms. The molecule has 6 heteroatoms. The van der Waals surface area contributed by atoms with Gasteiger partial charge in [0.2, 0.25) is 5.91 Å². The number of aromatic amines is 1. The molecule has 0 radical (unpaired) electrons. The van der Waals surface area contributed by atoms with E-state index in [4.69, 9.17) is 0 Å². The van der Waals surface area contributed by atoms with Gasteiger partial charge in [-0.3, -0.25) is 14.7 Å². The van der Waals surface area contributed by atoms with E-state index >= 15 is 0 Å². The second-order valence-electron chi connectivity index (χ2n) is 4.72. The molecule has 0 aliphatic carbocycles. The van der Waals surface area contributed by atoms with E-state index in [0.29, 0.717) is 12.1 Å². The number of carbonyl (C=O) groups is 2. The van der Waals surface area contributed by atoms with Gasteiger partial charge in [0.15, 0.2) is 0 Å². The summed E-state index contributed by atoms with van der Waals surface area (Å²) in [6.45, 7) is 4.18. The highest BCUT2D eigenvalue weighted by molar-refractivity contribution is 5.99. The lowest BCUT2D eigenvalue weighted by Crippen LogP contribution is -2.45. The molecule has 0 spiro atoms. The van der Waals surface area contributed by atoms with Crippen LogP contribution < -0.4 is 5.32 Å². The van der Waals surface area contributed by atoms with Crippen LogP contribution in [0.2, 0.25) is 0 Å². The molecule has 1 aromatic heterocycles. The lowest BCUT2D eigenvalue weighted by Gasteiger charge is -2.20. The average molecular weight is 274 g/mol. The molecule has 2 rings (SSSR count). The number of hydrogen-bond acceptors (Lipinski definition) is 3. The maximum Gasteiger partial charge on any atom is 0.251 e. The van der Waals surface area contributed by atoms with Gasteiger partial charge in [0, 0.05) is 24.5 Å². The van der Waals surface area contributed by atoms with Gasteiger partial charge < -0.3 is 10.2 Å². The van der Waals surface area contributed by atoms with E-state index < -0.39 is 6.04 Å². The summed E-state index contributed by atoms with van der Waals surface area (Å²) in [6.07, 6.45) is 1.69. The van der Waals surface area contributed by atoms with E-state index in [-0.39, 0.29) is 11.8 Å². The number of aromatic nitrogens is 2. The molecule has 1 heterocycles. The molecule has 0 saturated carbocycles. The van der Waals surface area contributed by atoms with Crippen LogP contribution in [0.15, 0.2) is 24.4 Å². The van der Waals surface area contributed by atoms with E-state index in [1.165, 1.54) is 0 Å². The molecule has 0 bridgehead atoms. The number of benzene rings is 1. The first kappa shape index (κ1) is 14.0. The van der Waals surface area contributed by atoms with Gasteiger partial charge in [-0.2, -0.15) is 5.10 Å². The number of nitrogens with one attached hydrogen (secondary N) is 2. The zero-order chi connectivity index (χ0) is 14.7. The van der Waals surface area contributed by atoms with Gasteiger partial charge in [0.05, 0.1) is 11.7 Å². The second kappa shape index (κ2) is 5.73. The number of fused-ring (bicyclic) bond motifs is 1. The predicted octanol–water partition coefficient (Wildman–Crippen LogP) is 1.16. The van der Waals surface area contributed by atoms with Crippen LogP contribution in [-0.4, -0.2) is 46.5 Å². The van der Waals surface area contributed by atoms with Crippen LogP contribution in [0, 0.1) is 0 Å². The number of H-pyrrole nitrogens is 1. The first-order chi connectivity index (χ1) is 9.52. The highest BCUT2D eigenvalue weighted by Crippen LogP contribution is 2.12. The predicted molar refractivity (Wildman–Crippen MR) is 76.3 cm³/mol. The normalized spacial score (nSPS) is 12.2. The number of amides is 2. The zero-order valence-electron chi connectivity index (χ0n) is 11.8. The fourth-order valence-corrected chi connectivity index (χ4v) is 1.91. The fourth-order valence-electron chi connectivity index (χ4n) is 1.91. The van der Waals surface area contributed by atoms with Crippen LogP contribution in [0.4, 0.5) is 0 Å². The Bertz CT molecular complexity index is 635. The largest absolute Gasteiger partial charge is 0.344 e.